The summed E-state index contributed by atoms with van der Waals surface area (Å²) < 4.78 is 5.24. The van der Waals surface area contributed by atoms with E-state index >= 15 is 0 Å². The third-order valence-corrected chi connectivity index (χ3v) is 3.35. The Morgan fingerprint density at radius 1 is 1.16 bits per heavy atom. The zero-order valence-corrected chi connectivity index (χ0v) is 11.3. The highest BCUT2D eigenvalue weighted by atomic mass is 16.4. The van der Waals surface area contributed by atoms with Crippen LogP contribution in [0.15, 0.2) is 39.5 Å². The monoisotopic (exact) mass is 258 g/mol. The molecule has 0 bridgehead atoms. The maximum atomic E-state index is 11.9. The Morgan fingerprint density at radius 2 is 1.84 bits per heavy atom. The van der Waals surface area contributed by atoms with E-state index in [2.05, 4.69) is 0 Å². The summed E-state index contributed by atoms with van der Waals surface area (Å²) in [6.07, 6.45) is 1.81. The van der Waals surface area contributed by atoms with Gasteiger partial charge in [-0.25, -0.2) is 4.79 Å². The summed E-state index contributed by atoms with van der Waals surface area (Å²) in [5.41, 5.74) is 1.76. The lowest BCUT2D eigenvalue weighted by Gasteiger charge is -2.09. The molecule has 0 saturated heterocycles. The van der Waals surface area contributed by atoms with Crippen molar-refractivity contribution in [2.24, 2.45) is 0 Å². The summed E-state index contributed by atoms with van der Waals surface area (Å²) >= 11 is 0. The molecule has 2 rings (SSSR count). The smallest absolute Gasteiger partial charge is 0.342 e. The first-order valence-corrected chi connectivity index (χ1v) is 6.51. The van der Waals surface area contributed by atoms with Crippen LogP contribution in [0.3, 0.4) is 0 Å². The zero-order valence-electron chi connectivity index (χ0n) is 11.3. The van der Waals surface area contributed by atoms with Gasteiger partial charge in [-0.2, -0.15) is 0 Å². The van der Waals surface area contributed by atoms with Crippen molar-refractivity contribution in [3.8, 4) is 5.75 Å². The van der Waals surface area contributed by atoms with Gasteiger partial charge in [-0.15, -0.1) is 0 Å². The van der Waals surface area contributed by atoms with Gasteiger partial charge in [-0.3, -0.25) is 0 Å². The van der Waals surface area contributed by atoms with Crippen LogP contribution in [0, 0.1) is 6.92 Å². The van der Waals surface area contributed by atoms with Crippen molar-refractivity contribution in [1.29, 1.82) is 0 Å². The molecular formula is C16H18O3. The topological polar surface area (TPSA) is 50.4 Å². The van der Waals surface area contributed by atoms with Gasteiger partial charge in [0.1, 0.15) is 11.5 Å². The molecule has 0 aliphatic carbocycles. The second-order valence-corrected chi connectivity index (χ2v) is 4.60. The van der Waals surface area contributed by atoms with Gasteiger partial charge in [-0.05, 0) is 25.3 Å². The molecule has 0 aliphatic rings. The van der Waals surface area contributed by atoms with Crippen LogP contribution in [0.1, 0.15) is 29.4 Å². The van der Waals surface area contributed by atoms with Crippen molar-refractivity contribution in [3.63, 3.8) is 0 Å². The summed E-state index contributed by atoms with van der Waals surface area (Å²) in [6, 6.07) is 9.89. The highest BCUT2D eigenvalue weighted by Gasteiger charge is 2.15. The molecule has 0 unspecified atom stereocenters. The van der Waals surface area contributed by atoms with Gasteiger partial charge in [0.15, 0.2) is 0 Å². The molecule has 0 amide bonds. The molecule has 0 spiro atoms. The van der Waals surface area contributed by atoms with Crippen LogP contribution in [0.2, 0.25) is 0 Å². The van der Waals surface area contributed by atoms with Gasteiger partial charge in [0.2, 0.25) is 0 Å². The van der Waals surface area contributed by atoms with E-state index in [-0.39, 0.29) is 5.75 Å². The van der Waals surface area contributed by atoms with Crippen LogP contribution in [-0.4, -0.2) is 5.11 Å². The first-order valence-electron chi connectivity index (χ1n) is 6.51. The Morgan fingerprint density at radius 3 is 2.47 bits per heavy atom. The van der Waals surface area contributed by atoms with E-state index in [1.807, 2.05) is 37.3 Å². The lowest BCUT2D eigenvalue weighted by atomic mass is 10.0. The standard InChI is InChI=1S/C16H18O3/c1-3-14-11(2)15(17)13(16(18)19-14)10-9-12-7-5-4-6-8-12/h4-8,17H,3,9-10H2,1-2H3. The Kier molecular flexibility index (Phi) is 4.05. The highest BCUT2D eigenvalue weighted by Crippen LogP contribution is 2.23. The molecule has 0 aliphatic heterocycles. The summed E-state index contributed by atoms with van der Waals surface area (Å²) in [5, 5.41) is 10.1. The SMILES string of the molecule is CCc1oc(=O)c(CCc2ccccc2)c(O)c1C. The number of hydrogen-bond acceptors (Lipinski definition) is 3. The van der Waals surface area contributed by atoms with Gasteiger partial charge in [0.05, 0.1) is 5.56 Å². The number of rotatable bonds is 4. The molecule has 1 aromatic heterocycles. The first kappa shape index (κ1) is 13.4. The van der Waals surface area contributed by atoms with E-state index in [1.54, 1.807) is 6.92 Å². The van der Waals surface area contributed by atoms with Gasteiger partial charge in [0.25, 0.3) is 0 Å². The van der Waals surface area contributed by atoms with Gasteiger partial charge in [-0.1, -0.05) is 37.3 Å². The van der Waals surface area contributed by atoms with E-state index in [9.17, 15) is 9.90 Å². The first-order chi connectivity index (χ1) is 9.13. The molecular weight excluding hydrogens is 240 g/mol. The van der Waals surface area contributed by atoms with Crippen molar-refractivity contribution >= 4 is 0 Å². The van der Waals surface area contributed by atoms with Crippen LogP contribution in [0.5, 0.6) is 5.75 Å². The summed E-state index contributed by atoms with van der Waals surface area (Å²) in [4.78, 5) is 11.9. The number of aryl methyl sites for hydroxylation is 2. The second kappa shape index (κ2) is 5.74. The van der Waals surface area contributed by atoms with E-state index in [0.29, 0.717) is 36.1 Å². The summed E-state index contributed by atoms with van der Waals surface area (Å²) in [7, 11) is 0. The van der Waals surface area contributed by atoms with Crippen LogP contribution < -0.4 is 5.63 Å². The summed E-state index contributed by atoms with van der Waals surface area (Å²) in [5.74, 6) is 0.648. The Labute approximate surface area is 112 Å². The number of hydrogen-bond donors (Lipinski definition) is 1. The number of benzene rings is 1. The average Bonchev–Trinajstić information content (AvgIpc) is 2.44. The van der Waals surface area contributed by atoms with Gasteiger partial charge < -0.3 is 9.52 Å². The van der Waals surface area contributed by atoms with Crippen LogP contribution in [0.25, 0.3) is 0 Å². The predicted octanol–water partition coefficient (Wildman–Crippen LogP) is 3.00. The normalized spacial score (nSPS) is 10.6. The predicted molar refractivity (Wildman–Crippen MR) is 74.6 cm³/mol. The lowest BCUT2D eigenvalue weighted by molar-refractivity contribution is 0.407. The zero-order chi connectivity index (χ0) is 13.8. The molecule has 0 radical (unpaired) electrons. The van der Waals surface area contributed by atoms with Gasteiger partial charge >= 0.3 is 5.63 Å². The van der Waals surface area contributed by atoms with E-state index < -0.39 is 5.63 Å². The minimum absolute atomic E-state index is 0.0871. The Balaban J connectivity index is 2.26. The average molecular weight is 258 g/mol. The molecule has 0 fully saturated rings. The minimum Gasteiger partial charge on any atom is -0.507 e. The second-order valence-electron chi connectivity index (χ2n) is 4.60. The van der Waals surface area contributed by atoms with Gasteiger partial charge in [0, 0.05) is 12.0 Å². The molecule has 0 atom stereocenters. The van der Waals surface area contributed by atoms with Crippen LogP contribution in [-0.2, 0) is 19.3 Å². The highest BCUT2D eigenvalue weighted by molar-refractivity contribution is 5.39. The molecule has 2 aromatic rings. The van der Waals surface area contributed by atoms with Crippen molar-refractivity contribution in [2.75, 3.05) is 0 Å². The largest absolute Gasteiger partial charge is 0.507 e. The molecule has 1 N–H and O–H groups in total. The minimum atomic E-state index is -0.420. The fraction of sp³-hybridized carbons (Fsp3) is 0.312. The van der Waals surface area contributed by atoms with Crippen molar-refractivity contribution in [3.05, 3.63) is 63.2 Å². The lowest BCUT2D eigenvalue weighted by Crippen LogP contribution is -2.12. The fourth-order valence-electron chi connectivity index (χ4n) is 2.18. The van der Waals surface area contributed by atoms with E-state index in [1.165, 1.54) is 0 Å². The molecule has 3 nitrogen and oxygen atoms in total. The molecule has 100 valence electrons. The Bertz CT molecular complexity index is 612. The fourth-order valence-corrected chi connectivity index (χ4v) is 2.18. The maximum absolute atomic E-state index is 11.9. The molecule has 3 heteroatoms. The molecule has 1 aromatic carbocycles. The Hall–Kier alpha value is -2.03. The van der Waals surface area contributed by atoms with Crippen molar-refractivity contribution in [2.45, 2.75) is 33.1 Å². The third kappa shape index (κ3) is 2.87. The van der Waals surface area contributed by atoms with Crippen LogP contribution >= 0.6 is 0 Å². The van der Waals surface area contributed by atoms with Crippen molar-refractivity contribution in [1.82, 2.24) is 0 Å². The van der Waals surface area contributed by atoms with Crippen LogP contribution in [0.4, 0.5) is 0 Å². The molecule has 1 heterocycles. The quantitative estimate of drug-likeness (QED) is 0.917. The third-order valence-electron chi connectivity index (χ3n) is 3.35. The number of aromatic hydroxyl groups is 1. The van der Waals surface area contributed by atoms with E-state index in [4.69, 9.17) is 4.42 Å². The molecule has 19 heavy (non-hydrogen) atoms. The maximum Gasteiger partial charge on any atom is 0.342 e. The van der Waals surface area contributed by atoms with Crippen molar-refractivity contribution < 1.29 is 9.52 Å². The van der Waals surface area contributed by atoms with E-state index in [0.717, 1.165) is 5.56 Å². The summed E-state index contributed by atoms with van der Waals surface area (Å²) in [6.45, 7) is 3.68. The molecule has 0 saturated carbocycles.